The van der Waals surface area contributed by atoms with E-state index in [1.54, 1.807) is 24.1 Å². The summed E-state index contributed by atoms with van der Waals surface area (Å²) in [7, 11) is 1.59. The summed E-state index contributed by atoms with van der Waals surface area (Å²) < 4.78 is 8.97. The fourth-order valence-electron chi connectivity index (χ4n) is 5.15. The fraction of sp³-hybridized carbons (Fsp3) is 0.125. The predicted molar refractivity (Wildman–Crippen MR) is 164 cm³/mol. The van der Waals surface area contributed by atoms with Crippen LogP contribution in [0.3, 0.4) is 0 Å². The van der Waals surface area contributed by atoms with Crippen molar-refractivity contribution in [3.63, 3.8) is 0 Å². The van der Waals surface area contributed by atoms with E-state index in [-0.39, 0.29) is 16.9 Å². The third-order valence-electron chi connectivity index (χ3n) is 7.36. The first-order valence-electron chi connectivity index (χ1n) is 13.8. The smallest absolute Gasteiger partial charge is 0.248 e. The number of hydrogen-bond acceptors (Lipinski definition) is 9. The maximum atomic E-state index is 10.6. The summed E-state index contributed by atoms with van der Waals surface area (Å²) in [6, 6.07) is 19.9. The third kappa shape index (κ3) is 5.31. The van der Waals surface area contributed by atoms with Crippen LogP contribution in [0.4, 0.5) is 5.82 Å². The Morgan fingerprint density at radius 1 is 1.02 bits per heavy atom. The van der Waals surface area contributed by atoms with Crippen molar-refractivity contribution in [1.29, 1.82) is 0 Å². The van der Waals surface area contributed by atoms with E-state index in [1.165, 1.54) is 35.7 Å². The molecule has 0 spiro atoms. The Kier molecular flexibility index (Phi) is 7.46. The lowest BCUT2D eigenvalue weighted by atomic mass is 10.1. The van der Waals surface area contributed by atoms with Crippen LogP contribution in [-0.4, -0.2) is 53.7 Å². The number of imidazole rings is 1. The minimum Gasteiger partial charge on any atom is -0.507 e. The standard InChI is InChI=1S/C24H21N7O.C8H7NO3/c1-32-21-11-13-30(29-21)20-10-9-19-24(28-20)31(17-8-7-15-4-2-5-16(15)14-17)23(27-19)18-6-3-12-26-22(18)25;9-8(12)5-1-2-7(11)6(3-5)4-10/h3,6-14H,2,4-5H2,1H3,(H2,25,26);1-4,11H,(H2,9,12). The molecule has 6 aromatic rings. The van der Waals surface area contributed by atoms with Crippen LogP contribution in [0.2, 0.25) is 0 Å². The molecule has 5 N–H and O–H groups in total. The predicted octanol–water partition coefficient (Wildman–Crippen LogP) is 4.05. The molecule has 0 saturated carbocycles. The number of phenolic OH excluding ortho intramolecular Hbond substituents is 1. The van der Waals surface area contributed by atoms with Gasteiger partial charge in [0.15, 0.2) is 23.6 Å². The van der Waals surface area contributed by atoms with E-state index < -0.39 is 5.91 Å². The Bertz CT molecular complexity index is 2030. The Morgan fingerprint density at radius 3 is 2.61 bits per heavy atom. The molecule has 2 aromatic carbocycles. The van der Waals surface area contributed by atoms with Gasteiger partial charge in [-0.1, -0.05) is 6.07 Å². The maximum absolute atomic E-state index is 10.6. The van der Waals surface area contributed by atoms with E-state index in [2.05, 4.69) is 32.8 Å². The molecule has 0 saturated heterocycles. The molecule has 0 aliphatic heterocycles. The van der Waals surface area contributed by atoms with E-state index in [9.17, 15) is 9.59 Å². The average Bonchev–Trinajstić information content (AvgIpc) is 3.79. The highest BCUT2D eigenvalue weighted by Gasteiger charge is 2.20. The zero-order valence-electron chi connectivity index (χ0n) is 23.7. The number of anilines is 1. The number of carbonyl (C=O) groups is 2. The van der Waals surface area contributed by atoms with Crippen LogP contribution in [0, 0.1) is 0 Å². The third-order valence-corrected chi connectivity index (χ3v) is 7.36. The highest BCUT2D eigenvalue weighted by atomic mass is 16.5. The second kappa shape index (κ2) is 11.7. The van der Waals surface area contributed by atoms with Crippen LogP contribution < -0.4 is 16.2 Å². The van der Waals surface area contributed by atoms with Gasteiger partial charge in [0.05, 0.1) is 18.2 Å². The minimum absolute atomic E-state index is 0.0614. The number of primary amides is 1. The summed E-state index contributed by atoms with van der Waals surface area (Å²) in [6.07, 6.45) is 7.38. The summed E-state index contributed by atoms with van der Waals surface area (Å²) in [6.45, 7) is 0. The van der Waals surface area contributed by atoms with E-state index >= 15 is 0 Å². The van der Waals surface area contributed by atoms with Gasteiger partial charge in [-0.2, -0.15) is 0 Å². The molecule has 1 amide bonds. The van der Waals surface area contributed by atoms with Crippen molar-refractivity contribution in [3.05, 3.63) is 101 Å². The zero-order chi connectivity index (χ0) is 30.8. The number of benzene rings is 2. The molecule has 1 aliphatic rings. The molecule has 1 aliphatic carbocycles. The first-order valence-corrected chi connectivity index (χ1v) is 13.8. The van der Waals surface area contributed by atoms with Gasteiger partial charge in [0.25, 0.3) is 0 Å². The van der Waals surface area contributed by atoms with Crippen LogP contribution in [0.15, 0.2) is 79.1 Å². The maximum Gasteiger partial charge on any atom is 0.248 e. The van der Waals surface area contributed by atoms with Gasteiger partial charge in [0.1, 0.15) is 17.1 Å². The lowest BCUT2D eigenvalue weighted by molar-refractivity contribution is 0.1000. The van der Waals surface area contributed by atoms with Crippen molar-refractivity contribution in [2.24, 2.45) is 5.73 Å². The number of rotatable bonds is 6. The monoisotopic (exact) mass is 588 g/mol. The van der Waals surface area contributed by atoms with Crippen molar-refractivity contribution in [1.82, 2.24) is 29.3 Å². The molecule has 12 nitrogen and oxygen atoms in total. The van der Waals surface area contributed by atoms with Gasteiger partial charge in [0, 0.05) is 29.7 Å². The first-order chi connectivity index (χ1) is 21.4. The molecule has 7 rings (SSSR count). The van der Waals surface area contributed by atoms with Gasteiger partial charge < -0.3 is 21.3 Å². The van der Waals surface area contributed by atoms with E-state index in [0.29, 0.717) is 29.6 Å². The molecular formula is C32H28N8O4. The summed E-state index contributed by atoms with van der Waals surface area (Å²) in [4.78, 5) is 35.0. The van der Waals surface area contributed by atoms with Crippen LogP contribution in [0.25, 0.3) is 34.1 Å². The summed E-state index contributed by atoms with van der Waals surface area (Å²) in [5.74, 6) is 1.57. The van der Waals surface area contributed by atoms with Crippen molar-refractivity contribution < 1.29 is 19.4 Å². The number of methoxy groups -OCH3 is 1. The summed E-state index contributed by atoms with van der Waals surface area (Å²) >= 11 is 0. The van der Waals surface area contributed by atoms with Crippen LogP contribution in [-0.2, 0) is 12.8 Å². The summed E-state index contributed by atoms with van der Waals surface area (Å²) in [5.41, 5.74) is 17.5. The lowest BCUT2D eigenvalue weighted by Crippen LogP contribution is -2.10. The number of aldehydes is 1. The van der Waals surface area contributed by atoms with Gasteiger partial charge in [0.2, 0.25) is 11.8 Å². The molecule has 220 valence electrons. The second-order valence-corrected chi connectivity index (χ2v) is 10.1. The Labute approximate surface area is 251 Å². The number of fused-ring (bicyclic) bond motifs is 2. The van der Waals surface area contributed by atoms with Gasteiger partial charge in [-0.3, -0.25) is 14.2 Å². The molecule has 0 unspecified atom stereocenters. The van der Waals surface area contributed by atoms with E-state index in [4.69, 9.17) is 31.3 Å². The Morgan fingerprint density at radius 2 is 1.86 bits per heavy atom. The highest BCUT2D eigenvalue weighted by molar-refractivity contribution is 5.95. The highest BCUT2D eigenvalue weighted by Crippen LogP contribution is 2.33. The molecule has 0 bridgehead atoms. The number of nitrogen functional groups attached to an aromatic ring is 1. The normalized spacial score (nSPS) is 11.9. The van der Waals surface area contributed by atoms with E-state index in [1.807, 2.05) is 30.5 Å². The minimum atomic E-state index is -0.627. The number of pyridine rings is 2. The van der Waals surface area contributed by atoms with Gasteiger partial charge in [-0.25, -0.2) is 19.6 Å². The Balaban J connectivity index is 0.000000242. The molecule has 12 heteroatoms. The molecule has 0 radical (unpaired) electrons. The number of phenols is 1. The number of hydrogen-bond donors (Lipinski definition) is 3. The zero-order valence-corrected chi connectivity index (χ0v) is 23.7. The lowest BCUT2D eigenvalue weighted by Gasteiger charge is -2.12. The van der Waals surface area contributed by atoms with Gasteiger partial charge in [-0.15, -0.1) is 5.10 Å². The first kappa shape index (κ1) is 28.1. The second-order valence-electron chi connectivity index (χ2n) is 10.1. The number of nitrogens with two attached hydrogens (primary N) is 2. The van der Waals surface area contributed by atoms with Crippen molar-refractivity contribution in [3.8, 4) is 34.5 Å². The SMILES string of the molecule is COc1ccn(-c2ccc3nc(-c4cccnc4N)n(-c4ccc5c(c4)CCC5)c3n2)n1.NC(=O)c1ccc(O)c(C=O)c1. The number of ether oxygens (including phenoxy) is 1. The average molecular weight is 589 g/mol. The number of nitrogens with zero attached hydrogens (tertiary/aromatic N) is 6. The van der Waals surface area contributed by atoms with Crippen molar-refractivity contribution >= 4 is 29.2 Å². The molecule has 0 atom stereocenters. The van der Waals surface area contributed by atoms with Crippen LogP contribution >= 0.6 is 0 Å². The number of aromatic hydroxyl groups is 1. The van der Waals surface area contributed by atoms with Crippen molar-refractivity contribution in [2.75, 3.05) is 12.8 Å². The molecule has 44 heavy (non-hydrogen) atoms. The van der Waals surface area contributed by atoms with Crippen molar-refractivity contribution in [2.45, 2.75) is 19.3 Å². The number of carbonyl (C=O) groups excluding carboxylic acids is 2. The van der Waals surface area contributed by atoms with Gasteiger partial charge in [-0.05, 0) is 85.0 Å². The molecule has 0 fully saturated rings. The number of aromatic nitrogens is 6. The van der Waals surface area contributed by atoms with Gasteiger partial charge >= 0.3 is 0 Å². The molecule has 4 heterocycles. The van der Waals surface area contributed by atoms with Crippen LogP contribution in [0.1, 0.15) is 38.3 Å². The largest absolute Gasteiger partial charge is 0.507 e. The van der Waals surface area contributed by atoms with E-state index in [0.717, 1.165) is 35.3 Å². The number of amides is 1. The fourth-order valence-corrected chi connectivity index (χ4v) is 5.15. The number of aryl methyl sites for hydroxylation is 2. The Hall–Kier alpha value is -6.04. The van der Waals surface area contributed by atoms with Crippen LogP contribution in [0.5, 0.6) is 11.6 Å². The topological polar surface area (TPSA) is 177 Å². The molecule has 4 aromatic heterocycles. The quantitative estimate of drug-likeness (QED) is 0.242. The molecular weight excluding hydrogens is 560 g/mol. The summed E-state index contributed by atoms with van der Waals surface area (Å²) in [5, 5.41) is 13.4.